The number of nitriles is 1. The summed E-state index contributed by atoms with van der Waals surface area (Å²) < 4.78 is 0. The van der Waals surface area contributed by atoms with Crippen molar-refractivity contribution < 1.29 is 9.59 Å². The smallest absolute Gasteiger partial charge is 0.251 e. The van der Waals surface area contributed by atoms with Crippen LogP contribution in [0.4, 0.5) is 5.82 Å². The van der Waals surface area contributed by atoms with E-state index in [-0.39, 0.29) is 11.8 Å². The third-order valence-electron chi connectivity index (χ3n) is 4.54. The van der Waals surface area contributed by atoms with Crippen LogP contribution >= 0.6 is 0 Å². The molecule has 1 aliphatic rings. The summed E-state index contributed by atoms with van der Waals surface area (Å²) in [6, 6.07) is 13.8. The first-order valence-electron chi connectivity index (χ1n) is 8.84. The maximum atomic E-state index is 12.6. The number of piperazine rings is 1. The first kappa shape index (κ1) is 18.4. The highest BCUT2D eigenvalue weighted by Gasteiger charge is 2.26. The lowest BCUT2D eigenvalue weighted by Crippen LogP contribution is -2.54. The zero-order chi connectivity index (χ0) is 19.2. The summed E-state index contributed by atoms with van der Waals surface area (Å²) in [5.41, 5.74) is 1.10. The van der Waals surface area contributed by atoms with E-state index in [1.165, 1.54) is 0 Å². The minimum absolute atomic E-state index is 0.0994. The van der Waals surface area contributed by atoms with Crippen LogP contribution < -0.4 is 10.2 Å². The normalized spacial score (nSPS) is 15.0. The topological polar surface area (TPSA) is 89.3 Å². The molecule has 1 aromatic heterocycles. The molecule has 0 bridgehead atoms. The molecule has 1 atom stereocenters. The molecule has 138 valence electrons. The van der Waals surface area contributed by atoms with Crippen LogP contribution in [-0.4, -0.2) is 53.9 Å². The van der Waals surface area contributed by atoms with Crippen LogP contribution in [0.1, 0.15) is 22.8 Å². The van der Waals surface area contributed by atoms with Gasteiger partial charge >= 0.3 is 0 Å². The van der Waals surface area contributed by atoms with E-state index in [0.717, 1.165) is 5.82 Å². The van der Waals surface area contributed by atoms with E-state index in [1.807, 2.05) is 6.07 Å². The summed E-state index contributed by atoms with van der Waals surface area (Å²) >= 11 is 0. The van der Waals surface area contributed by atoms with Crippen LogP contribution in [0, 0.1) is 11.3 Å². The van der Waals surface area contributed by atoms with Gasteiger partial charge in [-0.1, -0.05) is 18.2 Å². The van der Waals surface area contributed by atoms with Crippen molar-refractivity contribution in [3.63, 3.8) is 0 Å². The molecule has 1 N–H and O–H groups in total. The molecular weight excluding hydrogens is 342 g/mol. The molecule has 27 heavy (non-hydrogen) atoms. The Hall–Kier alpha value is -3.40. The van der Waals surface area contributed by atoms with E-state index in [4.69, 9.17) is 5.26 Å². The maximum absolute atomic E-state index is 12.6. The Kier molecular flexibility index (Phi) is 5.67. The number of amides is 2. The minimum atomic E-state index is -0.593. The fraction of sp³-hybridized carbons (Fsp3) is 0.300. The number of anilines is 1. The summed E-state index contributed by atoms with van der Waals surface area (Å²) in [7, 11) is 0. The van der Waals surface area contributed by atoms with Crippen molar-refractivity contribution in [3.8, 4) is 6.07 Å². The Bertz CT molecular complexity index is 854. The molecule has 2 amide bonds. The second kappa shape index (κ2) is 8.32. The second-order valence-corrected chi connectivity index (χ2v) is 6.39. The Morgan fingerprint density at radius 2 is 1.85 bits per heavy atom. The van der Waals surface area contributed by atoms with Gasteiger partial charge in [0.05, 0.1) is 11.6 Å². The Labute approximate surface area is 158 Å². The highest BCUT2D eigenvalue weighted by molar-refractivity contribution is 5.97. The highest BCUT2D eigenvalue weighted by Crippen LogP contribution is 2.15. The molecule has 7 heteroatoms. The van der Waals surface area contributed by atoms with Crippen molar-refractivity contribution in [1.82, 2.24) is 15.2 Å². The third kappa shape index (κ3) is 4.42. The second-order valence-electron chi connectivity index (χ2n) is 6.39. The first-order valence-corrected chi connectivity index (χ1v) is 8.84. The van der Waals surface area contributed by atoms with Crippen molar-refractivity contribution in [1.29, 1.82) is 5.26 Å². The molecule has 1 saturated heterocycles. The number of hydrogen-bond acceptors (Lipinski definition) is 5. The number of nitrogens with zero attached hydrogens (tertiary/aromatic N) is 4. The van der Waals surface area contributed by atoms with E-state index in [1.54, 1.807) is 54.4 Å². The van der Waals surface area contributed by atoms with Crippen molar-refractivity contribution in [3.05, 3.63) is 59.8 Å². The van der Waals surface area contributed by atoms with Crippen LogP contribution in [0.3, 0.4) is 0 Å². The molecule has 7 nitrogen and oxygen atoms in total. The standard InChI is InChI=1S/C20H21N5O2/c1-15(23-19(26)17-5-3-2-4-6-17)20(27)25-11-9-24(10-12-25)18-13-16(14-21)7-8-22-18/h2-8,13,15H,9-12H2,1H3,(H,23,26). The molecule has 2 heterocycles. The van der Waals surface area contributed by atoms with Crippen LogP contribution in [0.15, 0.2) is 48.7 Å². The highest BCUT2D eigenvalue weighted by atomic mass is 16.2. The number of benzene rings is 1. The maximum Gasteiger partial charge on any atom is 0.251 e. The molecule has 2 aromatic rings. The molecule has 0 saturated carbocycles. The molecule has 0 radical (unpaired) electrons. The number of hydrogen-bond donors (Lipinski definition) is 1. The van der Waals surface area contributed by atoms with Crippen molar-refractivity contribution in [2.45, 2.75) is 13.0 Å². The monoisotopic (exact) mass is 363 g/mol. The number of nitrogens with one attached hydrogen (secondary N) is 1. The summed E-state index contributed by atoms with van der Waals surface area (Å²) in [5, 5.41) is 11.8. The average molecular weight is 363 g/mol. The van der Waals surface area contributed by atoms with Gasteiger partial charge in [-0.2, -0.15) is 5.26 Å². The van der Waals surface area contributed by atoms with Gasteiger partial charge in [-0.3, -0.25) is 9.59 Å². The number of rotatable bonds is 4. The van der Waals surface area contributed by atoms with Crippen molar-refractivity contribution in [2.24, 2.45) is 0 Å². The minimum Gasteiger partial charge on any atom is -0.353 e. The summed E-state index contributed by atoms with van der Waals surface area (Å²) in [6.07, 6.45) is 1.62. The predicted octanol–water partition coefficient (Wildman–Crippen LogP) is 1.42. The average Bonchev–Trinajstić information content (AvgIpc) is 2.74. The van der Waals surface area contributed by atoms with E-state index < -0.39 is 6.04 Å². The van der Waals surface area contributed by atoms with Gasteiger partial charge in [0, 0.05) is 37.9 Å². The lowest BCUT2D eigenvalue weighted by Gasteiger charge is -2.36. The Morgan fingerprint density at radius 1 is 1.15 bits per heavy atom. The molecular formula is C20H21N5O2. The van der Waals surface area contributed by atoms with Crippen LogP contribution in [0.2, 0.25) is 0 Å². The number of aromatic nitrogens is 1. The lowest BCUT2D eigenvalue weighted by molar-refractivity contribution is -0.133. The largest absolute Gasteiger partial charge is 0.353 e. The molecule has 0 aliphatic carbocycles. The van der Waals surface area contributed by atoms with Gasteiger partial charge in [-0.15, -0.1) is 0 Å². The van der Waals surface area contributed by atoms with Gasteiger partial charge in [-0.25, -0.2) is 4.98 Å². The Morgan fingerprint density at radius 3 is 2.52 bits per heavy atom. The molecule has 3 rings (SSSR count). The summed E-state index contributed by atoms with van der Waals surface area (Å²) in [5.74, 6) is 0.386. The molecule has 1 aliphatic heterocycles. The molecule has 1 fully saturated rings. The Balaban J connectivity index is 1.55. The number of carbonyl (C=O) groups excluding carboxylic acids is 2. The predicted molar refractivity (Wildman–Crippen MR) is 101 cm³/mol. The first-order chi connectivity index (χ1) is 13.1. The van der Waals surface area contributed by atoms with Crippen molar-refractivity contribution >= 4 is 17.6 Å². The zero-order valence-electron chi connectivity index (χ0n) is 15.1. The molecule has 0 spiro atoms. The van der Waals surface area contributed by atoms with Crippen molar-refractivity contribution in [2.75, 3.05) is 31.1 Å². The summed E-state index contributed by atoms with van der Waals surface area (Å²) in [6.45, 7) is 4.05. The number of pyridine rings is 1. The third-order valence-corrected chi connectivity index (χ3v) is 4.54. The van der Waals surface area contributed by atoms with Crippen LogP contribution in [-0.2, 0) is 4.79 Å². The van der Waals surface area contributed by atoms with Crippen LogP contribution in [0.25, 0.3) is 0 Å². The van der Waals surface area contributed by atoms with Gasteiger partial charge in [0.25, 0.3) is 5.91 Å². The van der Waals surface area contributed by atoms with Gasteiger partial charge in [-0.05, 0) is 31.2 Å². The zero-order valence-corrected chi connectivity index (χ0v) is 15.1. The molecule has 1 unspecified atom stereocenters. The van der Waals surface area contributed by atoms with E-state index in [9.17, 15) is 9.59 Å². The fourth-order valence-electron chi connectivity index (χ4n) is 3.02. The van der Waals surface area contributed by atoms with E-state index in [2.05, 4.69) is 21.3 Å². The van der Waals surface area contributed by atoms with E-state index in [0.29, 0.717) is 37.3 Å². The van der Waals surface area contributed by atoms with Gasteiger partial charge in [0.15, 0.2) is 0 Å². The SMILES string of the molecule is CC(NC(=O)c1ccccc1)C(=O)N1CCN(c2cc(C#N)ccn2)CC1. The molecule has 1 aromatic carbocycles. The number of carbonyl (C=O) groups is 2. The van der Waals surface area contributed by atoms with Gasteiger partial charge < -0.3 is 15.1 Å². The fourth-order valence-corrected chi connectivity index (χ4v) is 3.02. The van der Waals surface area contributed by atoms with Gasteiger partial charge in [0.1, 0.15) is 11.9 Å². The van der Waals surface area contributed by atoms with Gasteiger partial charge in [0.2, 0.25) is 5.91 Å². The summed E-state index contributed by atoms with van der Waals surface area (Å²) in [4.78, 5) is 33.0. The van der Waals surface area contributed by atoms with E-state index >= 15 is 0 Å². The van der Waals surface area contributed by atoms with Crippen LogP contribution in [0.5, 0.6) is 0 Å². The quantitative estimate of drug-likeness (QED) is 0.887. The lowest BCUT2D eigenvalue weighted by atomic mass is 10.2.